The van der Waals surface area contributed by atoms with E-state index in [9.17, 15) is 9.18 Å². The molecule has 27 heavy (non-hydrogen) atoms. The second-order valence-corrected chi connectivity index (χ2v) is 6.73. The van der Waals surface area contributed by atoms with Gasteiger partial charge < -0.3 is 14.6 Å². The highest BCUT2D eigenvalue weighted by Gasteiger charge is 2.06. The summed E-state index contributed by atoms with van der Waals surface area (Å²) in [5.74, 6) is 0.666. The molecule has 5 heteroatoms. The Kier molecular flexibility index (Phi) is 6.12. The summed E-state index contributed by atoms with van der Waals surface area (Å²) in [7, 11) is 1.66. The molecular formula is C22H25FN2O2. The third-order valence-corrected chi connectivity index (χ3v) is 4.69. The fourth-order valence-electron chi connectivity index (χ4n) is 3.30. The Bertz CT molecular complexity index is 933. The van der Waals surface area contributed by atoms with E-state index in [1.165, 1.54) is 17.7 Å². The Labute approximate surface area is 158 Å². The van der Waals surface area contributed by atoms with Crippen molar-refractivity contribution in [3.63, 3.8) is 0 Å². The Morgan fingerprint density at radius 1 is 1.19 bits per heavy atom. The third kappa shape index (κ3) is 4.88. The zero-order valence-corrected chi connectivity index (χ0v) is 15.8. The van der Waals surface area contributed by atoms with Crippen LogP contribution in [0.3, 0.4) is 0 Å². The predicted octanol–water partition coefficient (Wildman–Crippen LogP) is 4.24. The number of carbonyl (C=O) groups excluding carboxylic acids is 1. The van der Waals surface area contributed by atoms with Crippen LogP contribution in [0.25, 0.3) is 10.9 Å². The Morgan fingerprint density at radius 3 is 2.85 bits per heavy atom. The standard InChI is InChI=1S/C22H25FN2O2/c1-16-5-8-21(27-2)18(14-16)9-11-24-22(26)4-3-12-25-13-10-17-15-19(23)6-7-20(17)25/h5-8,10,13-15H,3-4,9,11-12H2,1-2H3,(H,24,26). The number of carbonyl (C=O) groups is 1. The molecule has 1 N–H and O–H groups in total. The summed E-state index contributed by atoms with van der Waals surface area (Å²) in [6.07, 6.45) is 3.88. The van der Waals surface area contributed by atoms with Crippen LogP contribution in [0.5, 0.6) is 5.75 Å². The van der Waals surface area contributed by atoms with Gasteiger partial charge in [0.05, 0.1) is 7.11 Å². The van der Waals surface area contributed by atoms with Crippen molar-refractivity contribution < 1.29 is 13.9 Å². The molecule has 3 aromatic rings. The van der Waals surface area contributed by atoms with Crippen LogP contribution < -0.4 is 10.1 Å². The molecule has 4 nitrogen and oxygen atoms in total. The maximum absolute atomic E-state index is 13.2. The summed E-state index contributed by atoms with van der Waals surface area (Å²) >= 11 is 0. The van der Waals surface area contributed by atoms with Gasteiger partial charge in [0.1, 0.15) is 11.6 Å². The van der Waals surface area contributed by atoms with E-state index >= 15 is 0 Å². The molecule has 0 aliphatic heterocycles. The van der Waals surface area contributed by atoms with Crippen LogP contribution in [0.4, 0.5) is 4.39 Å². The van der Waals surface area contributed by atoms with Crippen LogP contribution >= 0.6 is 0 Å². The number of methoxy groups -OCH3 is 1. The fourth-order valence-corrected chi connectivity index (χ4v) is 3.30. The zero-order valence-electron chi connectivity index (χ0n) is 15.8. The van der Waals surface area contributed by atoms with Crippen LogP contribution in [0.1, 0.15) is 24.0 Å². The number of nitrogens with zero attached hydrogens (tertiary/aromatic N) is 1. The molecule has 0 bridgehead atoms. The van der Waals surface area contributed by atoms with Crippen molar-refractivity contribution in [1.82, 2.24) is 9.88 Å². The molecule has 0 spiro atoms. The maximum Gasteiger partial charge on any atom is 0.220 e. The van der Waals surface area contributed by atoms with Gasteiger partial charge in [-0.05, 0) is 55.7 Å². The molecule has 0 saturated heterocycles. The molecule has 3 rings (SSSR count). The normalized spacial score (nSPS) is 10.9. The second kappa shape index (κ2) is 8.71. The number of rotatable bonds is 8. The van der Waals surface area contributed by atoms with Crippen molar-refractivity contribution in [3.05, 3.63) is 65.6 Å². The molecular weight excluding hydrogens is 343 g/mol. The van der Waals surface area contributed by atoms with Gasteiger partial charge in [-0.2, -0.15) is 0 Å². The number of benzene rings is 2. The number of amides is 1. The third-order valence-electron chi connectivity index (χ3n) is 4.69. The average Bonchev–Trinajstić information content (AvgIpc) is 3.04. The molecule has 0 aliphatic carbocycles. The van der Waals surface area contributed by atoms with Crippen molar-refractivity contribution in [2.24, 2.45) is 0 Å². The summed E-state index contributed by atoms with van der Waals surface area (Å²) in [6.45, 7) is 3.36. The van der Waals surface area contributed by atoms with Crippen molar-refractivity contribution in [3.8, 4) is 5.75 Å². The quantitative estimate of drug-likeness (QED) is 0.646. The van der Waals surface area contributed by atoms with Crippen molar-refractivity contribution >= 4 is 16.8 Å². The highest BCUT2D eigenvalue weighted by molar-refractivity contribution is 5.80. The lowest BCUT2D eigenvalue weighted by Crippen LogP contribution is -2.25. The van der Waals surface area contributed by atoms with Gasteiger partial charge in [0.25, 0.3) is 0 Å². The van der Waals surface area contributed by atoms with Gasteiger partial charge in [-0.3, -0.25) is 4.79 Å². The van der Waals surface area contributed by atoms with Crippen LogP contribution in [-0.4, -0.2) is 24.1 Å². The summed E-state index contributed by atoms with van der Waals surface area (Å²) in [6, 6.07) is 12.7. The summed E-state index contributed by atoms with van der Waals surface area (Å²) in [5.41, 5.74) is 3.27. The van der Waals surface area contributed by atoms with Gasteiger partial charge in [0.2, 0.25) is 5.91 Å². The maximum atomic E-state index is 13.2. The molecule has 1 aromatic heterocycles. The number of hydrogen-bond donors (Lipinski definition) is 1. The van der Waals surface area contributed by atoms with E-state index in [4.69, 9.17) is 4.74 Å². The molecule has 1 amide bonds. The lowest BCUT2D eigenvalue weighted by atomic mass is 10.1. The minimum Gasteiger partial charge on any atom is -0.496 e. The molecule has 142 valence electrons. The Balaban J connectivity index is 1.44. The Hall–Kier alpha value is -2.82. The average molecular weight is 368 g/mol. The number of fused-ring (bicyclic) bond motifs is 1. The van der Waals surface area contributed by atoms with Gasteiger partial charge in [-0.1, -0.05) is 17.7 Å². The zero-order chi connectivity index (χ0) is 19.2. The van der Waals surface area contributed by atoms with Crippen molar-refractivity contribution in [2.75, 3.05) is 13.7 Å². The Morgan fingerprint density at radius 2 is 2.04 bits per heavy atom. The van der Waals surface area contributed by atoms with E-state index in [2.05, 4.69) is 16.0 Å². The number of hydrogen-bond acceptors (Lipinski definition) is 2. The van der Waals surface area contributed by atoms with Gasteiger partial charge in [0, 0.05) is 36.6 Å². The topological polar surface area (TPSA) is 43.3 Å². The van der Waals surface area contributed by atoms with Crippen LogP contribution in [0.15, 0.2) is 48.7 Å². The fraction of sp³-hybridized carbons (Fsp3) is 0.318. The van der Waals surface area contributed by atoms with Crippen molar-refractivity contribution in [1.29, 1.82) is 0 Å². The van der Waals surface area contributed by atoms with Gasteiger partial charge in [0.15, 0.2) is 0 Å². The second-order valence-electron chi connectivity index (χ2n) is 6.73. The van der Waals surface area contributed by atoms with Crippen molar-refractivity contribution in [2.45, 2.75) is 32.7 Å². The van der Waals surface area contributed by atoms with E-state index in [-0.39, 0.29) is 11.7 Å². The van der Waals surface area contributed by atoms with E-state index in [1.807, 2.05) is 31.3 Å². The lowest BCUT2D eigenvalue weighted by Gasteiger charge is -2.10. The smallest absolute Gasteiger partial charge is 0.220 e. The van der Waals surface area contributed by atoms with E-state index in [1.54, 1.807) is 13.2 Å². The first-order chi connectivity index (χ1) is 13.1. The molecule has 1 heterocycles. The highest BCUT2D eigenvalue weighted by Crippen LogP contribution is 2.20. The number of halogens is 1. The van der Waals surface area contributed by atoms with E-state index < -0.39 is 0 Å². The van der Waals surface area contributed by atoms with Crippen LogP contribution in [0.2, 0.25) is 0 Å². The SMILES string of the molecule is COc1ccc(C)cc1CCNC(=O)CCCn1ccc2cc(F)ccc21. The first-order valence-corrected chi connectivity index (χ1v) is 9.21. The molecule has 0 radical (unpaired) electrons. The predicted molar refractivity (Wildman–Crippen MR) is 106 cm³/mol. The number of ether oxygens (including phenoxy) is 1. The first kappa shape index (κ1) is 19.0. The first-order valence-electron chi connectivity index (χ1n) is 9.21. The molecule has 0 fully saturated rings. The molecule has 0 unspecified atom stereocenters. The number of aryl methyl sites for hydroxylation is 2. The van der Waals surface area contributed by atoms with E-state index in [0.29, 0.717) is 13.0 Å². The lowest BCUT2D eigenvalue weighted by molar-refractivity contribution is -0.121. The molecule has 0 saturated carbocycles. The molecule has 2 aromatic carbocycles. The summed E-state index contributed by atoms with van der Waals surface area (Å²) in [5, 5.41) is 3.85. The molecule has 0 atom stereocenters. The molecule has 0 aliphatic rings. The number of nitrogens with one attached hydrogen (secondary N) is 1. The minimum atomic E-state index is -0.232. The highest BCUT2D eigenvalue weighted by atomic mass is 19.1. The monoisotopic (exact) mass is 368 g/mol. The largest absolute Gasteiger partial charge is 0.496 e. The summed E-state index contributed by atoms with van der Waals surface area (Å²) < 4.78 is 20.7. The van der Waals surface area contributed by atoms with Crippen LogP contribution in [0, 0.1) is 12.7 Å². The number of aromatic nitrogens is 1. The van der Waals surface area contributed by atoms with Gasteiger partial charge >= 0.3 is 0 Å². The minimum absolute atomic E-state index is 0.0455. The van der Waals surface area contributed by atoms with Gasteiger partial charge in [-0.15, -0.1) is 0 Å². The van der Waals surface area contributed by atoms with E-state index in [0.717, 1.165) is 41.6 Å². The van der Waals surface area contributed by atoms with Crippen LogP contribution in [-0.2, 0) is 17.8 Å². The summed E-state index contributed by atoms with van der Waals surface area (Å²) in [4.78, 5) is 12.1. The van der Waals surface area contributed by atoms with Gasteiger partial charge in [-0.25, -0.2) is 4.39 Å².